The van der Waals surface area contributed by atoms with E-state index in [-0.39, 0.29) is 38.6 Å². The zero-order valence-corrected chi connectivity index (χ0v) is 30.1. The lowest BCUT2D eigenvalue weighted by Gasteiger charge is -2.35. The fraction of sp³-hybridized carbons (Fsp3) is 0.257. The number of amides is 2. The van der Waals surface area contributed by atoms with Crippen LogP contribution in [0.2, 0.25) is 20.1 Å². The van der Waals surface area contributed by atoms with Gasteiger partial charge in [0, 0.05) is 28.5 Å². The van der Waals surface area contributed by atoms with Crippen LogP contribution in [0.25, 0.3) is 0 Å². The Bertz CT molecular complexity index is 1830. The third kappa shape index (κ3) is 9.87. The van der Waals surface area contributed by atoms with Gasteiger partial charge in [-0.15, -0.1) is 0 Å². The van der Waals surface area contributed by atoms with Crippen LogP contribution in [-0.2, 0) is 32.6 Å². The molecule has 1 atom stereocenters. The van der Waals surface area contributed by atoms with Gasteiger partial charge in [-0.2, -0.15) is 0 Å². The second-order valence-electron chi connectivity index (χ2n) is 12.2. The number of sulfonamides is 1. The molecule has 7 nitrogen and oxygen atoms in total. The number of nitrogens with zero attached hydrogens (tertiary/aromatic N) is 2. The lowest BCUT2D eigenvalue weighted by Crippen LogP contribution is -2.56. The first-order valence-corrected chi connectivity index (χ1v) is 17.6. The molecule has 0 aliphatic rings. The van der Waals surface area contributed by atoms with E-state index in [0.717, 1.165) is 15.4 Å². The Morgan fingerprint density at radius 1 is 0.787 bits per heavy atom. The van der Waals surface area contributed by atoms with Crippen molar-refractivity contribution in [2.24, 2.45) is 0 Å². The standard InChI is InChI=1S/C35H35Cl4N3O4S/c1-23-10-13-29(14-11-23)47(45,46)42(28-19-26(36)18-27(37)20-28)22-33(43)41(21-25-12-15-30(38)31(39)16-25)32(34(44)40-35(2,3)4)17-24-8-6-5-7-9-24/h5-16,18-20,32H,17,21-22H2,1-4H3,(H,40,44)/t32-/m1/s1. The maximum atomic E-state index is 14.6. The highest BCUT2D eigenvalue weighted by Gasteiger charge is 2.36. The molecule has 4 aromatic carbocycles. The SMILES string of the molecule is Cc1ccc(S(=O)(=O)N(CC(=O)N(Cc2ccc(Cl)c(Cl)c2)[C@H](Cc2ccccc2)C(=O)NC(C)(C)C)c2cc(Cl)cc(Cl)c2)cc1. The molecule has 0 radical (unpaired) electrons. The molecule has 248 valence electrons. The van der Waals surface area contributed by atoms with Crippen LogP contribution < -0.4 is 9.62 Å². The molecule has 0 fully saturated rings. The molecule has 12 heteroatoms. The Balaban J connectivity index is 1.86. The highest BCUT2D eigenvalue weighted by atomic mass is 35.5. The van der Waals surface area contributed by atoms with Crippen molar-refractivity contribution in [1.82, 2.24) is 10.2 Å². The van der Waals surface area contributed by atoms with Gasteiger partial charge in [-0.3, -0.25) is 13.9 Å². The van der Waals surface area contributed by atoms with Crippen molar-refractivity contribution in [2.75, 3.05) is 10.8 Å². The van der Waals surface area contributed by atoms with Gasteiger partial charge >= 0.3 is 0 Å². The first-order chi connectivity index (χ1) is 22.0. The van der Waals surface area contributed by atoms with Crippen LogP contribution in [-0.4, -0.2) is 43.3 Å². The largest absolute Gasteiger partial charge is 0.350 e. The van der Waals surface area contributed by atoms with Crippen LogP contribution in [0.3, 0.4) is 0 Å². The third-order valence-electron chi connectivity index (χ3n) is 7.13. The summed E-state index contributed by atoms with van der Waals surface area (Å²) < 4.78 is 29.4. The molecule has 0 spiro atoms. The number of aryl methyl sites for hydroxylation is 1. The molecule has 0 aliphatic carbocycles. The van der Waals surface area contributed by atoms with E-state index in [4.69, 9.17) is 46.4 Å². The summed E-state index contributed by atoms with van der Waals surface area (Å²) in [5.74, 6) is -1.05. The molecule has 0 saturated heterocycles. The number of hydrogen-bond acceptors (Lipinski definition) is 4. The van der Waals surface area contributed by atoms with E-state index in [1.807, 2.05) is 58.0 Å². The van der Waals surface area contributed by atoms with Crippen LogP contribution in [0.1, 0.15) is 37.5 Å². The molecular weight excluding hydrogens is 700 g/mol. The Kier molecular flexibility index (Phi) is 11.9. The second kappa shape index (κ2) is 15.3. The molecule has 0 heterocycles. The van der Waals surface area contributed by atoms with Crippen molar-refractivity contribution in [3.63, 3.8) is 0 Å². The Morgan fingerprint density at radius 3 is 1.98 bits per heavy atom. The summed E-state index contributed by atoms with van der Waals surface area (Å²) in [6.07, 6.45) is 0.156. The minimum absolute atomic E-state index is 0.0330. The van der Waals surface area contributed by atoms with Crippen LogP contribution >= 0.6 is 46.4 Å². The zero-order valence-electron chi connectivity index (χ0n) is 26.3. The number of benzene rings is 4. The maximum Gasteiger partial charge on any atom is 0.264 e. The average molecular weight is 736 g/mol. The monoisotopic (exact) mass is 733 g/mol. The van der Waals surface area contributed by atoms with E-state index in [2.05, 4.69) is 5.32 Å². The minimum atomic E-state index is -4.32. The zero-order chi connectivity index (χ0) is 34.5. The summed E-state index contributed by atoms with van der Waals surface area (Å²) in [5.41, 5.74) is 1.72. The van der Waals surface area contributed by atoms with Gasteiger partial charge in [-0.05, 0) is 81.3 Å². The first-order valence-electron chi connectivity index (χ1n) is 14.7. The van der Waals surface area contributed by atoms with Gasteiger partial charge in [0.15, 0.2) is 0 Å². The summed E-state index contributed by atoms with van der Waals surface area (Å²) in [6.45, 7) is 6.63. The molecule has 4 rings (SSSR count). The molecule has 0 bridgehead atoms. The summed E-state index contributed by atoms with van der Waals surface area (Å²) in [4.78, 5) is 29.9. The number of hydrogen-bond donors (Lipinski definition) is 1. The second-order valence-corrected chi connectivity index (χ2v) is 15.7. The van der Waals surface area contributed by atoms with Crippen LogP contribution in [0.15, 0.2) is 95.9 Å². The van der Waals surface area contributed by atoms with Gasteiger partial charge in [-0.25, -0.2) is 8.42 Å². The molecule has 1 N–H and O–H groups in total. The van der Waals surface area contributed by atoms with Gasteiger partial charge < -0.3 is 10.2 Å². The minimum Gasteiger partial charge on any atom is -0.350 e. The van der Waals surface area contributed by atoms with Crippen molar-refractivity contribution in [2.45, 2.75) is 57.1 Å². The molecule has 0 aromatic heterocycles. The van der Waals surface area contributed by atoms with Gasteiger partial charge in [0.25, 0.3) is 10.0 Å². The predicted molar refractivity (Wildman–Crippen MR) is 191 cm³/mol. The fourth-order valence-corrected chi connectivity index (χ4v) is 7.12. The van der Waals surface area contributed by atoms with Crippen LogP contribution in [0.5, 0.6) is 0 Å². The summed E-state index contributed by atoms with van der Waals surface area (Å²) in [5, 5.41) is 3.96. The molecule has 47 heavy (non-hydrogen) atoms. The van der Waals surface area contributed by atoms with E-state index in [1.165, 1.54) is 35.2 Å². The van der Waals surface area contributed by atoms with Crippen molar-refractivity contribution < 1.29 is 18.0 Å². The topological polar surface area (TPSA) is 86.8 Å². The smallest absolute Gasteiger partial charge is 0.264 e. The van der Waals surface area contributed by atoms with E-state index >= 15 is 0 Å². The van der Waals surface area contributed by atoms with Crippen molar-refractivity contribution >= 4 is 73.9 Å². The summed E-state index contributed by atoms with van der Waals surface area (Å²) in [6, 6.07) is 23.7. The maximum absolute atomic E-state index is 14.6. The highest BCUT2D eigenvalue weighted by molar-refractivity contribution is 7.92. The molecule has 4 aromatic rings. The van der Waals surface area contributed by atoms with E-state index in [0.29, 0.717) is 10.6 Å². The number of rotatable bonds is 11. The van der Waals surface area contributed by atoms with Crippen molar-refractivity contribution in [3.05, 3.63) is 128 Å². The quantitative estimate of drug-likeness (QED) is 0.168. The number of nitrogens with one attached hydrogen (secondary N) is 1. The van der Waals surface area contributed by atoms with Gasteiger partial charge in [0.05, 0.1) is 20.6 Å². The van der Waals surface area contributed by atoms with Gasteiger partial charge in [-0.1, -0.05) is 100 Å². The fourth-order valence-electron chi connectivity index (χ4n) is 4.89. The summed E-state index contributed by atoms with van der Waals surface area (Å²) >= 11 is 25.1. The predicted octanol–water partition coefficient (Wildman–Crippen LogP) is 8.36. The number of carbonyl (C=O) groups is 2. The Morgan fingerprint density at radius 2 is 1.40 bits per heavy atom. The molecular formula is C35H35Cl4N3O4S. The van der Waals surface area contributed by atoms with Crippen LogP contribution in [0, 0.1) is 6.92 Å². The normalized spacial score (nSPS) is 12.3. The van der Waals surface area contributed by atoms with E-state index < -0.39 is 40.0 Å². The van der Waals surface area contributed by atoms with Crippen molar-refractivity contribution in [3.8, 4) is 0 Å². The Hall–Kier alpha value is -3.27. The number of anilines is 1. The Labute approximate surface area is 296 Å². The average Bonchev–Trinajstić information content (AvgIpc) is 2.98. The van der Waals surface area contributed by atoms with Gasteiger partial charge in [0.1, 0.15) is 12.6 Å². The van der Waals surface area contributed by atoms with E-state index in [1.54, 1.807) is 30.3 Å². The number of carbonyl (C=O) groups excluding carboxylic acids is 2. The first kappa shape index (κ1) is 36.6. The molecule has 2 amide bonds. The summed E-state index contributed by atoms with van der Waals surface area (Å²) in [7, 11) is -4.32. The molecule has 0 aliphatic heterocycles. The lowest BCUT2D eigenvalue weighted by molar-refractivity contribution is -0.140. The third-order valence-corrected chi connectivity index (χ3v) is 10.1. The molecule has 0 saturated carbocycles. The van der Waals surface area contributed by atoms with E-state index in [9.17, 15) is 18.0 Å². The lowest BCUT2D eigenvalue weighted by atomic mass is 10.0. The highest BCUT2D eigenvalue weighted by Crippen LogP contribution is 2.31. The van der Waals surface area contributed by atoms with Crippen molar-refractivity contribution in [1.29, 1.82) is 0 Å². The van der Waals surface area contributed by atoms with Gasteiger partial charge in [0.2, 0.25) is 11.8 Å². The number of halogens is 4. The molecule has 0 unspecified atom stereocenters. The van der Waals surface area contributed by atoms with Crippen LogP contribution in [0.4, 0.5) is 5.69 Å².